The van der Waals surface area contributed by atoms with Crippen LogP contribution in [0.5, 0.6) is 0 Å². The van der Waals surface area contributed by atoms with E-state index >= 15 is 0 Å². The standard InChI is InChI=1S/C24H21ClF5N7O4/c1-35-16(14-8-37(9-17(26)27)34-19(14)24(28,29)30)5-31-20(35)22(39)32-10-2-3-11(15(25)4-10)21(38)33-18-12-6-36(23(40)41)7-13(12)18/h2-5,8,12-13,17-18H,6-7,9H2,1H3,(H,32,39)(H,33,38)(H,40,41)/t12-,13+,18-. The van der Waals surface area contributed by atoms with Gasteiger partial charge in [0.25, 0.3) is 18.2 Å². The number of likely N-dealkylation sites (tertiary alicyclic amines) is 1. The van der Waals surface area contributed by atoms with Gasteiger partial charge in [-0.3, -0.25) is 14.3 Å². The minimum atomic E-state index is -4.95. The van der Waals surface area contributed by atoms with E-state index in [2.05, 4.69) is 20.7 Å². The number of nitrogens with one attached hydrogen (secondary N) is 2. The van der Waals surface area contributed by atoms with Crippen LogP contribution < -0.4 is 10.6 Å². The second kappa shape index (κ2) is 10.3. The highest BCUT2D eigenvalue weighted by atomic mass is 35.5. The minimum Gasteiger partial charge on any atom is -0.465 e. The van der Waals surface area contributed by atoms with Crippen molar-refractivity contribution in [2.45, 2.75) is 25.2 Å². The maximum atomic E-state index is 13.5. The summed E-state index contributed by atoms with van der Waals surface area (Å²) in [6.45, 7) is -0.365. The number of hydrogen-bond acceptors (Lipinski definition) is 5. The first-order valence-corrected chi connectivity index (χ1v) is 12.5. The summed E-state index contributed by atoms with van der Waals surface area (Å²) in [6, 6.07) is 3.94. The lowest BCUT2D eigenvalue weighted by Gasteiger charge is -2.16. The summed E-state index contributed by atoms with van der Waals surface area (Å²) < 4.78 is 67.6. The molecule has 0 unspecified atom stereocenters. The van der Waals surface area contributed by atoms with E-state index in [9.17, 15) is 36.3 Å². The Labute approximate surface area is 232 Å². The number of alkyl halides is 5. The van der Waals surface area contributed by atoms with E-state index in [0.717, 1.165) is 17.0 Å². The van der Waals surface area contributed by atoms with Gasteiger partial charge in [-0.1, -0.05) is 11.6 Å². The van der Waals surface area contributed by atoms with Gasteiger partial charge >= 0.3 is 12.3 Å². The second-order valence-corrected chi connectivity index (χ2v) is 10.1. The van der Waals surface area contributed by atoms with Crippen LogP contribution in [0.4, 0.5) is 32.4 Å². The molecule has 3 amide bonds. The number of carboxylic acid groups (broad SMARTS) is 1. The van der Waals surface area contributed by atoms with Crippen LogP contribution in [0.15, 0.2) is 30.6 Å². The number of hydrogen-bond donors (Lipinski definition) is 3. The highest BCUT2D eigenvalue weighted by molar-refractivity contribution is 6.34. The highest BCUT2D eigenvalue weighted by Gasteiger charge is 2.57. The third-order valence-electron chi connectivity index (χ3n) is 7.06. The van der Waals surface area contributed by atoms with E-state index in [4.69, 9.17) is 16.7 Å². The molecule has 1 saturated heterocycles. The number of imidazole rings is 1. The number of carbonyl (C=O) groups is 3. The molecular weight excluding hydrogens is 581 g/mol. The van der Waals surface area contributed by atoms with E-state index in [-0.39, 0.29) is 45.7 Å². The molecular formula is C24H21ClF5N7O4. The van der Waals surface area contributed by atoms with Crippen LogP contribution >= 0.6 is 11.6 Å². The van der Waals surface area contributed by atoms with Gasteiger partial charge in [0, 0.05) is 49.9 Å². The SMILES string of the molecule is Cn1c(-c2cn(CC(F)F)nc2C(F)(F)F)cnc1C(=O)Nc1ccc(C(=O)N[C@@H]2[C@@H]3CN(C(=O)O)C[C@@H]32)c(Cl)c1. The Morgan fingerprint density at radius 3 is 2.44 bits per heavy atom. The van der Waals surface area contributed by atoms with Gasteiger partial charge in [-0.25, -0.2) is 18.6 Å². The van der Waals surface area contributed by atoms with Crippen molar-refractivity contribution in [3.63, 3.8) is 0 Å². The van der Waals surface area contributed by atoms with Gasteiger partial charge in [-0.05, 0) is 18.2 Å². The number of carbonyl (C=O) groups excluding carboxylic acids is 2. The summed E-state index contributed by atoms with van der Waals surface area (Å²) in [5.41, 5.74) is -1.81. The maximum Gasteiger partial charge on any atom is 0.435 e. The van der Waals surface area contributed by atoms with E-state index in [1.807, 2.05) is 0 Å². The van der Waals surface area contributed by atoms with Crippen LogP contribution in [0.25, 0.3) is 11.3 Å². The second-order valence-electron chi connectivity index (χ2n) is 9.69. The maximum absolute atomic E-state index is 13.5. The summed E-state index contributed by atoms with van der Waals surface area (Å²) in [5.74, 6) is -1.48. The van der Waals surface area contributed by atoms with Gasteiger partial charge in [-0.2, -0.15) is 18.3 Å². The first kappa shape index (κ1) is 28.3. The Balaban J connectivity index is 1.27. The number of halogens is 6. The topological polar surface area (TPSA) is 134 Å². The number of amides is 3. The van der Waals surface area contributed by atoms with Crippen molar-refractivity contribution >= 4 is 35.2 Å². The fraction of sp³-hybridized carbons (Fsp3) is 0.375. The van der Waals surface area contributed by atoms with Crippen LogP contribution in [0, 0.1) is 11.8 Å². The average Bonchev–Trinajstić information content (AvgIpc) is 3.28. The van der Waals surface area contributed by atoms with E-state index < -0.39 is 48.3 Å². The summed E-state index contributed by atoms with van der Waals surface area (Å²) in [4.78, 5) is 41.8. The molecule has 3 heterocycles. The smallest absolute Gasteiger partial charge is 0.435 e. The summed E-state index contributed by atoms with van der Waals surface area (Å²) in [7, 11) is 1.28. The highest BCUT2D eigenvalue weighted by Crippen LogP contribution is 2.45. The molecule has 218 valence electrons. The molecule has 1 aromatic carbocycles. The lowest BCUT2D eigenvalue weighted by Crippen LogP contribution is -2.36. The van der Waals surface area contributed by atoms with Crippen LogP contribution in [-0.2, 0) is 19.8 Å². The van der Waals surface area contributed by atoms with Crippen molar-refractivity contribution in [1.82, 2.24) is 29.5 Å². The normalized spacial score (nSPS) is 19.8. The molecule has 0 spiro atoms. The van der Waals surface area contributed by atoms with Crippen molar-refractivity contribution in [2.75, 3.05) is 18.4 Å². The molecule has 5 rings (SSSR count). The number of piperidine rings is 1. The fourth-order valence-electron chi connectivity index (χ4n) is 5.01. The Morgan fingerprint density at radius 1 is 1.17 bits per heavy atom. The van der Waals surface area contributed by atoms with Gasteiger partial charge in [0.1, 0.15) is 6.54 Å². The first-order valence-electron chi connectivity index (χ1n) is 12.1. The molecule has 11 nitrogen and oxygen atoms in total. The lowest BCUT2D eigenvalue weighted by atomic mass is 10.2. The van der Waals surface area contributed by atoms with Crippen LogP contribution in [-0.4, -0.2) is 72.8 Å². The number of benzene rings is 1. The zero-order valence-corrected chi connectivity index (χ0v) is 21.7. The molecule has 3 atom stereocenters. The predicted molar refractivity (Wildman–Crippen MR) is 133 cm³/mol. The molecule has 2 aromatic heterocycles. The van der Waals surface area contributed by atoms with Gasteiger partial charge in [0.15, 0.2) is 11.5 Å². The summed E-state index contributed by atoms with van der Waals surface area (Å²) in [6.07, 6.45) is -7.07. The molecule has 1 aliphatic heterocycles. The molecule has 0 radical (unpaired) electrons. The van der Waals surface area contributed by atoms with Gasteiger partial charge in [0.2, 0.25) is 0 Å². The molecule has 41 heavy (non-hydrogen) atoms. The molecule has 1 saturated carbocycles. The molecule has 3 N–H and O–H groups in total. The third kappa shape index (κ3) is 5.55. The van der Waals surface area contributed by atoms with E-state index in [1.165, 1.54) is 30.1 Å². The number of nitrogens with zero attached hydrogens (tertiary/aromatic N) is 5. The quantitative estimate of drug-likeness (QED) is 0.353. The van der Waals surface area contributed by atoms with Gasteiger partial charge in [-0.15, -0.1) is 0 Å². The zero-order chi connectivity index (χ0) is 29.8. The Morgan fingerprint density at radius 2 is 1.85 bits per heavy atom. The van der Waals surface area contributed by atoms with Crippen LogP contribution in [0.1, 0.15) is 26.7 Å². The predicted octanol–water partition coefficient (Wildman–Crippen LogP) is 3.81. The Kier molecular flexibility index (Phi) is 7.13. The number of anilines is 1. The number of rotatable bonds is 7. The van der Waals surface area contributed by atoms with Crippen LogP contribution in [0.2, 0.25) is 5.02 Å². The fourth-order valence-corrected chi connectivity index (χ4v) is 5.28. The number of aromatic nitrogens is 4. The zero-order valence-electron chi connectivity index (χ0n) is 21.0. The molecule has 2 fully saturated rings. The van der Waals surface area contributed by atoms with Crippen molar-refractivity contribution in [1.29, 1.82) is 0 Å². The molecule has 0 bridgehead atoms. The van der Waals surface area contributed by atoms with Crippen molar-refractivity contribution in [3.05, 3.63) is 52.7 Å². The Bertz CT molecular complexity index is 1530. The monoisotopic (exact) mass is 601 g/mol. The van der Waals surface area contributed by atoms with E-state index in [0.29, 0.717) is 17.8 Å². The van der Waals surface area contributed by atoms with Gasteiger partial charge in [0.05, 0.1) is 28.0 Å². The minimum absolute atomic E-state index is 0.0139. The molecule has 2 aliphatic rings. The van der Waals surface area contributed by atoms with Crippen molar-refractivity contribution in [2.24, 2.45) is 18.9 Å². The van der Waals surface area contributed by atoms with E-state index in [1.54, 1.807) is 0 Å². The summed E-state index contributed by atoms with van der Waals surface area (Å²) >= 11 is 6.27. The summed E-state index contributed by atoms with van der Waals surface area (Å²) in [5, 5.41) is 17.6. The average molecular weight is 602 g/mol. The molecule has 3 aromatic rings. The Hall–Kier alpha value is -4.21. The number of fused-ring (bicyclic) bond motifs is 1. The first-order chi connectivity index (χ1) is 19.2. The molecule has 17 heteroatoms. The van der Waals surface area contributed by atoms with Crippen LogP contribution in [0.3, 0.4) is 0 Å². The largest absolute Gasteiger partial charge is 0.465 e. The third-order valence-corrected chi connectivity index (χ3v) is 7.37. The molecule has 1 aliphatic carbocycles. The lowest BCUT2D eigenvalue weighted by molar-refractivity contribution is -0.141. The van der Waals surface area contributed by atoms with Crippen molar-refractivity contribution < 1.29 is 41.4 Å². The van der Waals surface area contributed by atoms with Crippen molar-refractivity contribution in [3.8, 4) is 11.3 Å². The van der Waals surface area contributed by atoms with Gasteiger partial charge < -0.3 is 25.2 Å².